The van der Waals surface area contributed by atoms with Gasteiger partial charge in [-0.3, -0.25) is 0 Å². The topological polar surface area (TPSA) is 29.5 Å². The molecule has 1 spiro atoms. The molecular formula is C12H21NO2. The Morgan fingerprint density at radius 3 is 2.40 bits per heavy atom. The molecule has 3 nitrogen and oxygen atoms in total. The summed E-state index contributed by atoms with van der Waals surface area (Å²) < 4.78 is 5.40. The van der Waals surface area contributed by atoms with Crippen molar-refractivity contribution in [3.63, 3.8) is 0 Å². The molecule has 1 heterocycles. The molecule has 0 radical (unpaired) electrons. The quantitative estimate of drug-likeness (QED) is 0.616. The summed E-state index contributed by atoms with van der Waals surface area (Å²) in [6, 6.07) is 0.349. The molecular weight excluding hydrogens is 190 g/mol. The van der Waals surface area contributed by atoms with E-state index in [4.69, 9.17) is 4.74 Å². The number of amides is 1. The smallest absolute Gasteiger partial charge is 0.410 e. The maximum atomic E-state index is 11.9. The summed E-state index contributed by atoms with van der Waals surface area (Å²) in [4.78, 5) is 13.8. The number of likely N-dealkylation sites (tertiary alicyclic amines) is 1. The largest absolute Gasteiger partial charge is 0.444 e. The van der Waals surface area contributed by atoms with Gasteiger partial charge >= 0.3 is 6.09 Å². The van der Waals surface area contributed by atoms with Gasteiger partial charge in [0.15, 0.2) is 0 Å². The zero-order chi connectivity index (χ0) is 11.3. The number of hydrogen-bond acceptors (Lipinski definition) is 2. The molecule has 0 N–H and O–H groups in total. The molecule has 1 atom stereocenters. The molecule has 0 unspecified atom stereocenters. The Labute approximate surface area is 91.8 Å². The van der Waals surface area contributed by atoms with Crippen LogP contribution in [-0.2, 0) is 4.74 Å². The second-order valence-corrected chi connectivity index (χ2v) is 6.16. The molecule has 2 fully saturated rings. The summed E-state index contributed by atoms with van der Waals surface area (Å²) in [6.45, 7) is 8.77. The van der Waals surface area contributed by atoms with Crippen LogP contribution in [0.15, 0.2) is 0 Å². The van der Waals surface area contributed by atoms with Gasteiger partial charge in [0.05, 0.1) is 0 Å². The average Bonchev–Trinajstić information content (AvgIpc) is 2.67. The first-order chi connectivity index (χ1) is 6.81. The second kappa shape index (κ2) is 3.13. The van der Waals surface area contributed by atoms with Gasteiger partial charge in [0.25, 0.3) is 0 Å². The lowest BCUT2D eigenvalue weighted by molar-refractivity contribution is 0.0232. The molecule has 2 aliphatic rings. The van der Waals surface area contributed by atoms with E-state index in [9.17, 15) is 4.79 Å². The lowest BCUT2D eigenvalue weighted by Crippen LogP contribution is -2.38. The van der Waals surface area contributed by atoms with Crippen LogP contribution in [0.4, 0.5) is 4.79 Å². The van der Waals surface area contributed by atoms with Crippen molar-refractivity contribution in [1.82, 2.24) is 4.90 Å². The second-order valence-electron chi connectivity index (χ2n) is 6.16. The lowest BCUT2D eigenvalue weighted by Gasteiger charge is -2.27. The molecule has 0 aromatic carbocycles. The molecule has 1 saturated carbocycles. The Bertz CT molecular complexity index is 276. The Hall–Kier alpha value is -0.730. The number of ether oxygens (including phenoxy) is 1. The Balaban J connectivity index is 1.96. The highest BCUT2D eigenvalue weighted by Gasteiger charge is 2.52. The van der Waals surface area contributed by atoms with Gasteiger partial charge in [0, 0.05) is 12.6 Å². The molecule has 1 saturated heterocycles. The number of carbonyl (C=O) groups excluding carboxylic acids is 1. The third-order valence-electron chi connectivity index (χ3n) is 3.35. The highest BCUT2D eigenvalue weighted by atomic mass is 16.6. The lowest BCUT2D eigenvalue weighted by atomic mass is 10.0. The SMILES string of the molecule is C[C@@H]1CC2(CC2)CN1C(=O)OC(C)(C)C. The first-order valence-electron chi connectivity index (χ1n) is 5.81. The van der Waals surface area contributed by atoms with Gasteiger partial charge in [0.1, 0.15) is 5.60 Å². The fourth-order valence-corrected chi connectivity index (χ4v) is 2.42. The highest BCUT2D eigenvalue weighted by Crippen LogP contribution is 2.54. The number of hydrogen-bond donors (Lipinski definition) is 0. The number of carbonyl (C=O) groups is 1. The first kappa shape index (κ1) is 10.8. The maximum Gasteiger partial charge on any atom is 0.410 e. The van der Waals surface area contributed by atoms with Crippen LogP contribution in [0.25, 0.3) is 0 Å². The van der Waals surface area contributed by atoms with Crippen LogP contribution in [0, 0.1) is 5.41 Å². The van der Waals surface area contributed by atoms with Crippen molar-refractivity contribution >= 4 is 6.09 Å². The summed E-state index contributed by atoms with van der Waals surface area (Å²) in [5.41, 5.74) is 0.0897. The average molecular weight is 211 g/mol. The van der Waals surface area contributed by atoms with Crippen LogP contribution in [0.2, 0.25) is 0 Å². The van der Waals surface area contributed by atoms with Crippen LogP contribution in [0.5, 0.6) is 0 Å². The molecule has 0 aromatic rings. The van der Waals surface area contributed by atoms with Crippen molar-refractivity contribution in [1.29, 1.82) is 0 Å². The molecule has 1 aliphatic heterocycles. The van der Waals surface area contributed by atoms with E-state index < -0.39 is 0 Å². The van der Waals surface area contributed by atoms with E-state index >= 15 is 0 Å². The number of nitrogens with zero attached hydrogens (tertiary/aromatic N) is 1. The zero-order valence-corrected chi connectivity index (χ0v) is 10.2. The van der Waals surface area contributed by atoms with E-state index in [1.165, 1.54) is 12.8 Å². The fourth-order valence-electron chi connectivity index (χ4n) is 2.42. The Morgan fingerprint density at radius 1 is 1.40 bits per heavy atom. The summed E-state index contributed by atoms with van der Waals surface area (Å²) in [6.07, 6.45) is 3.60. The van der Waals surface area contributed by atoms with Crippen LogP contribution < -0.4 is 0 Å². The van der Waals surface area contributed by atoms with Gasteiger partial charge in [-0.2, -0.15) is 0 Å². The minimum atomic E-state index is -0.379. The van der Waals surface area contributed by atoms with E-state index in [0.29, 0.717) is 11.5 Å². The van der Waals surface area contributed by atoms with Crippen molar-refractivity contribution in [3.05, 3.63) is 0 Å². The van der Waals surface area contributed by atoms with Crippen molar-refractivity contribution in [2.24, 2.45) is 5.41 Å². The third kappa shape index (κ3) is 2.27. The third-order valence-corrected chi connectivity index (χ3v) is 3.35. The van der Waals surface area contributed by atoms with E-state index in [2.05, 4.69) is 6.92 Å². The van der Waals surface area contributed by atoms with Gasteiger partial charge in [0.2, 0.25) is 0 Å². The normalized spacial score (nSPS) is 28.3. The molecule has 1 amide bonds. The zero-order valence-electron chi connectivity index (χ0n) is 10.2. The van der Waals surface area contributed by atoms with Crippen LogP contribution >= 0.6 is 0 Å². The molecule has 0 bridgehead atoms. The van der Waals surface area contributed by atoms with Crippen molar-refractivity contribution in [3.8, 4) is 0 Å². The van der Waals surface area contributed by atoms with Crippen molar-refractivity contribution < 1.29 is 9.53 Å². The molecule has 3 heteroatoms. The predicted octanol–water partition coefficient (Wildman–Crippen LogP) is 2.80. The van der Waals surface area contributed by atoms with Crippen molar-refractivity contribution in [2.75, 3.05) is 6.54 Å². The van der Waals surface area contributed by atoms with Gasteiger partial charge in [-0.25, -0.2) is 4.79 Å². The summed E-state index contributed by atoms with van der Waals surface area (Å²) in [7, 11) is 0. The standard InChI is InChI=1S/C12H21NO2/c1-9-7-12(5-6-12)8-13(9)10(14)15-11(2,3)4/h9H,5-8H2,1-4H3/t9-/m1/s1. The highest BCUT2D eigenvalue weighted by molar-refractivity contribution is 5.69. The van der Waals surface area contributed by atoms with Gasteiger partial charge in [-0.05, 0) is 52.4 Å². The molecule has 15 heavy (non-hydrogen) atoms. The maximum absolute atomic E-state index is 11.9. The summed E-state index contributed by atoms with van der Waals surface area (Å²) in [5, 5.41) is 0. The van der Waals surface area contributed by atoms with Crippen molar-refractivity contribution in [2.45, 2.75) is 58.6 Å². The Kier molecular flexibility index (Phi) is 2.25. The van der Waals surface area contributed by atoms with E-state index in [1.54, 1.807) is 0 Å². The Morgan fingerprint density at radius 2 is 2.00 bits per heavy atom. The monoisotopic (exact) mass is 211 g/mol. The summed E-state index contributed by atoms with van der Waals surface area (Å²) >= 11 is 0. The van der Waals surface area contributed by atoms with Gasteiger partial charge in [-0.1, -0.05) is 0 Å². The summed E-state index contributed by atoms with van der Waals surface area (Å²) in [5.74, 6) is 0. The van der Waals surface area contributed by atoms with Crippen LogP contribution in [0.3, 0.4) is 0 Å². The van der Waals surface area contributed by atoms with E-state index in [-0.39, 0.29) is 11.7 Å². The van der Waals surface area contributed by atoms with Crippen LogP contribution in [0.1, 0.15) is 47.0 Å². The predicted molar refractivity (Wildman–Crippen MR) is 58.7 cm³/mol. The minimum absolute atomic E-state index is 0.140. The number of rotatable bonds is 0. The van der Waals surface area contributed by atoms with E-state index in [1.807, 2.05) is 25.7 Å². The molecule has 2 rings (SSSR count). The first-order valence-corrected chi connectivity index (χ1v) is 5.81. The fraction of sp³-hybridized carbons (Fsp3) is 0.917. The minimum Gasteiger partial charge on any atom is -0.444 e. The van der Waals surface area contributed by atoms with Gasteiger partial charge in [-0.15, -0.1) is 0 Å². The van der Waals surface area contributed by atoms with Crippen LogP contribution in [-0.4, -0.2) is 29.2 Å². The van der Waals surface area contributed by atoms with E-state index in [0.717, 1.165) is 13.0 Å². The molecule has 1 aliphatic carbocycles. The van der Waals surface area contributed by atoms with Gasteiger partial charge < -0.3 is 9.64 Å². The molecule has 0 aromatic heterocycles. The molecule has 86 valence electrons.